The van der Waals surface area contributed by atoms with E-state index in [1.54, 1.807) is 11.3 Å². The fraction of sp³-hybridized carbons (Fsp3) is 0.500. The van der Waals surface area contributed by atoms with Crippen LogP contribution in [-0.2, 0) is 6.42 Å². The standard InChI is InChI=1S/C14H19ClN4S/c15-12-6-8-20-14(12)13(17-16)9-10-5-7-19(18-10)11-3-1-2-4-11/h5-8,11,13,17H,1-4,9,16H2. The number of hydrogen-bond acceptors (Lipinski definition) is 4. The number of nitrogens with two attached hydrogens (primary N) is 1. The third-order valence-corrected chi connectivity index (χ3v) is 5.41. The van der Waals surface area contributed by atoms with E-state index >= 15 is 0 Å². The lowest BCUT2D eigenvalue weighted by Gasteiger charge is -2.14. The van der Waals surface area contributed by atoms with Crippen LogP contribution >= 0.6 is 22.9 Å². The van der Waals surface area contributed by atoms with Gasteiger partial charge in [-0.2, -0.15) is 5.10 Å². The van der Waals surface area contributed by atoms with Crippen LogP contribution in [0.1, 0.15) is 48.3 Å². The Kier molecular flexibility index (Phi) is 4.41. The maximum atomic E-state index is 6.18. The Bertz CT molecular complexity index is 559. The van der Waals surface area contributed by atoms with Crippen LogP contribution in [0.5, 0.6) is 0 Å². The van der Waals surface area contributed by atoms with E-state index in [2.05, 4.69) is 22.4 Å². The van der Waals surface area contributed by atoms with Gasteiger partial charge >= 0.3 is 0 Å². The normalized spacial score (nSPS) is 17.7. The van der Waals surface area contributed by atoms with E-state index in [-0.39, 0.29) is 6.04 Å². The lowest BCUT2D eigenvalue weighted by atomic mass is 10.1. The van der Waals surface area contributed by atoms with E-state index in [1.165, 1.54) is 25.7 Å². The molecule has 20 heavy (non-hydrogen) atoms. The van der Waals surface area contributed by atoms with Gasteiger partial charge in [0, 0.05) is 17.5 Å². The van der Waals surface area contributed by atoms with Gasteiger partial charge in [0.05, 0.1) is 22.8 Å². The Balaban J connectivity index is 1.71. The van der Waals surface area contributed by atoms with Gasteiger partial charge in [-0.25, -0.2) is 0 Å². The van der Waals surface area contributed by atoms with Crippen molar-refractivity contribution in [3.05, 3.63) is 39.3 Å². The molecular weight excluding hydrogens is 292 g/mol. The first-order valence-corrected chi connectivity index (χ1v) is 8.26. The van der Waals surface area contributed by atoms with Gasteiger partial charge in [0.1, 0.15) is 0 Å². The second kappa shape index (κ2) is 6.26. The Morgan fingerprint density at radius 3 is 2.90 bits per heavy atom. The van der Waals surface area contributed by atoms with Gasteiger partial charge in [-0.3, -0.25) is 16.0 Å². The van der Waals surface area contributed by atoms with Crippen molar-refractivity contribution in [2.24, 2.45) is 5.84 Å². The molecule has 1 saturated carbocycles. The molecule has 1 atom stereocenters. The van der Waals surface area contributed by atoms with Crippen molar-refractivity contribution >= 4 is 22.9 Å². The van der Waals surface area contributed by atoms with Gasteiger partial charge in [0.25, 0.3) is 0 Å². The Morgan fingerprint density at radius 1 is 1.45 bits per heavy atom. The van der Waals surface area contributed by atoms with Crippen LogP contribution in [0.2, 0.25) is 5.02 Å². The molecule has 6 heteroatoms. The molecule has 3 rings (SSSR count). The smallest absolute Gasteiger partial charge is 0.0644 e. The van der Waals surface area contributed by atoms with Crippen molar-refractivity contribution in [1.29, 1.82) is 0 Å². The van der Waals surface area contributed by atoms with Crippen molar-refractivity contribution < 1.29 is 0 Å². The number of hydrogen-bond donors (Lipinski definition) is 2. The quantitative estimate of drug-likeness (QED) is 0.657. The summed E-state index contributed by atoms with van der Waals surface area (Å²) in [6, 6.07) is 4.60. The number of aromatic nitrogens is 2. The van der Waals surface area contributed by atoms with Crippen molar-refractivity contribution in [3.63, 3.8) is 0 Å². The molecule has 0 saturated heterocycles. The van der Waals surface area contributed by atoms with Crippen molar-refractivity contribution in [1.82, 2.24) is 15.2 Å². The molecule has 1 aliphatic rings. The average Bonchev–Trinajstić information content (AvgIpc) is 3.17. The van der Waals surface area contributed by atoms with E-state index in [9.17, 15) is 0 Å². The molecule has 1 unspecified atom stereocenters. The summed E-state index contributed by atoms with van der Waals surface area (Å²) >= 11 is 7.80. The monoisotopic (exact) mass is 310 g/mol. The van der Waals surface area contributed by atoms with Crippen molar-refractivity contribution in [2.45, 2.75) is 44.2 Å². The molecule has 0 amide bonds. The summed E-state index contributed by atoms with van der Waals surface area (Å²) in [6.07, 6.45) is 7.98. The van der Waals surface area contributed by atoms with E-state index in [0.29, 0.717) is 6.04 Å². The molecule has 1 fully saturated rings. The Morgan fingerprint density at radius 2 is 2.25 bits per heavy atom. The average molecular weight is 311 g/mol. The van der Waals surface area contributed by atoms with Crippen LogP contribution in [0, 0.1) is 0 Å². The number of nitrogens with zero attached hydrogens (tertiary/aromatic N) is 2. The Hall–Kier alpha value is -0.880. The molecule has 108 valence electrons. The Labute approximate surface area is 127 Å². The summed E-state index contributed by atoms with van der Waals surface area (Å²) in [5.74, 6) is 5.67. The number of rotatable bonds is 5. The highest BCUT2D eigenvalue weighted by Gasteiger charge is 2.20. The SMILES string of the molecule is NNC(Cc1ccn(C2CCCC2)n1)c1sccc1Cl. The van der Waals surface area contributed by atoms with Gasteiger partial charge < -0.3 is 0 Å². The second-order valence-corrected chi connectivity index (χ2v) is 6.64. The minimum Gasteiger partial charge on any atom is -0.271 e. The van der Waals surface area contributed by atoms with E-state index in [4.69, 9.17) is 22.5 Å². The van der Waals surface area contributed by atoms with Crippen LogP contribution < -0.4 is 11.3 Å². The summed E-state index contributed by atoms with van der Waals surface area (Å²) in [5, 5.41) is 7.46. The van der Waals surface area contributed by atoms with Crippen LogP contribution in [-0.4, -0.2) is 9.78 Å². The van der Waals surface area contributed by atoms with Gasteiger partial charge in [-0.05, 0) is 30.4 Å². The molecule has 0 aromatic carbocycles. The number of hydrazine groups is 1. The van der Waals surface area contributed by atoms with E-state index in [1.807, 2.05) is 11.4 Å². The molecule has 4 nitrogen and oxygen atoms in total. The molecular formula is C14H19ClN4S. The zero-order valence-electron chi connectivity index (χ0n) is 11.3. The highest BCUT2D eigenvalue weighted by atomic mass is 35.5. The van der Waals surface area contributed by atoms with Gasteiger partial charge in [-0.15, -0.1) is 11.3 Å². The maximum Gasteiger partial charge on any atom is 0.0644 e. The zero-order valence-corrected chi connectivity index (χ0v) is 12.8. The predicted molar refractivity (Wildman–Crippen MR) is 82.8 cm³/mol. The first-order chi connectivity index (χ1) is 9.78. The summed E-state index contributed by atoms with van der Waals surface area (Å²) in [7, 11) is 0. The van der Waals surface area contributed by atoms with Crippen molar-refractivity contribution in [2.75, 3.05) is 0 Å². The predicted octanol–water partition coefficient (Wildman–Crippen LogP) is 3.46. The minimum atomic E-state index is 0.0226. The molecule has 2 aromatic heterocycles. The highest BCUT2D eigenvalue weighted by molar-refractivity contribution is 7.10. The van der Waals surface area contributed by atoms with E-state index < -0.39 is 0 Å². The topological polar surface area (TPSA) is 55.9 Å². The molecule has 0 bridgehead atoms. The van der Waals surface area contributed by atoms with Crippen LogP contribution in [0.25, 0.3) is 0 Å². The third kappa shape index (κ3) is 2.91. The lowest BCUT2D eigenvalue weighted by Crippen LogP contribution is -2.29. The number of halogens is 1. The summed E-state index contributed by atoms with van der Waals surface area (Å²) < 4.78 is 2.12. The zero-order chi connectivity index (χ0) is 13.9. The summed E-state index contributed by atoms with van der Waals surface area (Å²) in [5.41, 5.74) is 3.91. The molecule has 0 spiro atoms. The first-order valence-electron chi connectivity index (χ1n) is 7.01. The molecule has 3 N–H and O–H groups in total. The molecule has 1 aliphatic carbocycles. The third-order valence-electron chi connectivity index (χ3n) is 3.94. The maximum absolute atomic E-state index is 6.18. The molecule has 2 aromatic rings. The minimum absolute atomic E-state index is 0.0226. The van der Waals surface area contributed by atoms with Crippen LogP contribution in [0.3, 0.4) is 0 Å². The van der Waals surface area contributed by atoms with Gasteiger partial charge in [0.2, 0.25) is 0 Å². The summed E-state index contributed by atoms with van der Waals surface area (Å²) in [4.78, 5) is 1.07. The first kappa shape index (κ1) is 14.1. The molecule has 0 aliphatic heterocycles. The second-order valence-electron chi connectivity index (χ2n) is 5.28. The fourth-order valence-electron chi connectivity index (χ4n) is 2.85. The molecule has 2 heterocycles. The fourth-order valence-corrected chi connectivity index (χ4v) is 4.10. The van der Waals surface area contributed by atoms with Gasteiger partial charge in [0.15, 0.2) is 0 Å². The van der Waals surface area contributed by atoms with Gasteiger partial charge in [-0.1, -0.05) is 24.4 Å². The van der Waals surface area contributed by atoms with Crippen molar-refractivity contribution in [3.8, 4) is 0 Å². The largest absolute Gasteiger partial charge is 0.271 e. The lowest BCUT2D eigenvalue weighted by molar-refractivity contribution is 0.458. The number of nitrogens with one attached hydrogen (secondary N) is 1. The number of thiophene rings is 1. The van der Waals surface area contributed by atoms with Crippen LogP contribution in [0.15, 0.2) is 23.7 Å². The summed E-state index contributed by atoms with van der Waals surface area (Å²) in [6.45, 7) is 0. The molecule has 0 radical (unpaired) electrons. The van der Waals surface area contributed by atoms with E-state index in [0.717, 1.165) is 22.0 Å². The van der Waals surface area contributed by atoms with Crippen LogP contribution in [0.4, 0.5) is 0 Å². The highest BCUT2D eigenvalue weighted by Crippen LogP contribution is 2.31.